The Balaban J connectivity index is 1.64. The Bertz CT molecular complexity index is 1060. The maximum absolute atomic E-state index is 13.7. The fraction of sp³-hybridized carbons (Fsp3) is 0.333. The number of pyridine rings is 1. The fourth-order valence-electron chi connectivity index (χ4n) is 4.13. The Labute approximate surface area is 157 Å². The van der Waals surface area contributed by atoms with E-state index in [0.717, 1.165) is 60.7 Å². The lowest BCUT2D eigenvalue weighted by Crippen LogP contribution is -2.30. The van der Waals surface area contributed by atoms with E-state index in [-0.39, 0.29) is 11.6 Å². The number of nitrogens with zero attached hydrogens (tertiary/aromatic N) is 4. The van der Waals surface area contributed by atoms with Gasteiger partial charge in [0.25, 0.3) is 0 Å². The van der Waals surface area contributed by atoms with Crippen molar-refractivity contribution >= 4 is 22.5 Å². The van der Waals surface area contributed by atoms with Crippen LogP contribution in [0.25, 0.3) is 16.7 Å². The first-order chi connectivity index (χ1) is 13.1. The van der Waals surface area contributed by atoms with Gasteiger partial charge in [-0.3, -0.25) is 9.36 Å². The number of hydrogen-bond acceptors (Lipinski definition) is 4. The molecule has 1 fully saturated rings. The normalized spacial score (nSPS) is 17.7. The molecule has 3 aromatic rings. The summed E-state index contributed by atoms with van der Waals surface area (Å²) in [7, 11) is 2.15. The van der Waals surface area contributed by atoms with Gasteiger partial charge in [0.2, 0.25) is 0 Å². The van der Waals surface area contributed by atoms with Crippen molar-refractivity contribution in [3.63, 3.8) is 0 Å². The van der Waals surface area contributed by atoms with E-state index in [1.807, 2.05) is 16.7 Å². The lowest BCUT2D eigenvalue weighted by Gasteiger charge is -2.25. The highest BCUT2D eigenvalue weighted by Gasteiger charge is 2.27. The molecule has 0 N–H and O–H groups in total. The maximum atomic E-state index is 13.7. The molecule has 5 rings (SSSR count). The molecule has 1 saturated heterocycles. The molecule has 1 aromatic carbocycles. The minimum atomic E-state index is -0.298. The van der Waals surface area contributed by atoms with Gasteiger partial charge in [0.1, 0.15) is 17.5 Å². The van der Waals surface area contributed by atoms with Crippen molar-refractivity contribution in [2.24, 2.45) is 0 Å². The zero-order valence-corrected chi connectivity index (χ0v) is 15.3. The summed E-state index contributed by atoms with van der Waals surface area (Å²) >= 11 is 0. The summed E-state index contributed by atoms with van der Waals surface area (Å²) in [6.45, 7) is 4.01. The highest BCUT2D eigenvalue weighted by Crippen LogP contribution is 2.32. The van der Waals surface area contributed by atoms with Gasteiger partial charge in [-0.25, -0.2) is 9.37 Å². The van der Waals surface area contributed by atoms with Gasteiger partial charge in [-0.15, -0.1) is 0 Å². The second-order valence-corrected chi connectivity index (χ2v) is 7.46. The number of benzene rings is 1. The number of carbonyl (C=O) groups excluding carboxylic acids is 1. The third kappa shape index (κ3) is 2.72. The molecular weight excluding hydrogens is 343 g/mol. The van der Waals surface area contributed by atoms with Gasteiger partial charge in [-0.05, 0) is 50.3 Å². The fourth-order valence-corrected chi connectivity index (χ4v) is 4.13. The zero-order valence-electron chi connectivity index (χ0n) is 15.3. The number of aromatic nitrogens is 2. The number of likely N-dealkylation sites (N-methyl/N-ethyl adjacent to an activating group) is 1. The average molecular weight is 364 g/mol. The molecule has 0 amide bonds. The molecule has 4 heterocycles. The standard InChI is InChI=1S/C21H21FN4O/c1-24-7-2-8-25(10-9-24)20-6-3-14-13-19(27)18-12-15-11-16(22)4-5-17(15)26(18)21(14)23-20/h3-6,11-12H,2,7-10,13H2,1H3. The molecular formula is C21H21FN4O. The molecule has 0 spiro atoms. The molecule has 0 aliphatic carbocycles. The largest absolute Gasteiger partial charge is 0.355 e. The van der Waals surface area contributed by atoms with Gasteiger partial charge in [0.05, 0.1) is 11.2 Å². The van der Waals surface area contributed by atoms with E-state index in [0.29, 0.717) is 12.1 Å². The Morgan fingerprint density at radius 1 is 1.04 bits per heavy atom. The SMILES string of the molecule is CN1CCCN(c2ccc3c(n2)-n2c(cc4cc(F)ccc42)C(=O)C3)CC1. The summed E-state index contributed by atoms with van der Waals surface area (Å²) in [5.41, 5.74) is 2.33. The quantitative estimate of drug-likeness (QED) is 0.666. The number of carbonyl (C=O) groups is 1. The van der Waals surface area contributed by atoms with E-state index in [1.54, 1.807) is 12.1 Å². The third-order valence-electron chi connectivity index (χ3n) is 5.60. The van der Waals surface area contributed by atoms with Crippen LogP contribution in [-0.4, -0.2) is 53.5 Å². The Morgan fingerprint density at radius 2 is 1.93 bits per heavy atom. The first-order valence-electron chi connectivity index (χ1n) is 9.38. The third-order valence-corrected chi connectivity index (χ3v) is 5.60. The summed E-state index contributed by atoms with van der Waals surface area (Å²) in [6.07, 6.45) is 1.44. The van der Waals surface area contributed by atoms with Crippen molar-refractivity contribution < 1.29 is 9.18 Å². The van der Waals surface area contributed by atoms with Crippen molar-refractivity contribution in [2.45, 2.75) is 12.8 Å². The van der Waals surface area contributed by atoms with Crippen molar-refractivity contribution in [3.8, 4) is 5.82 Å². The number of rotatable bonds is 1. The summed E-state index contributed by atoms with van der Waals surface area (Å²) < 4.78 is 15.5. The van der Waals surface area contributed by atoms with E-state index < -0.39 is 0 Å². The van der Waals surface area contributed by atoms with Gasteiger partial charge in [0.15, 0.2) is 5.78 Å². The molecule has 0 radical (unpaired) electrons. The molecule has 2 aliphatic rings. The van der Waals surface area contributed by atoms with Crippen LogP contribution in [0.5, 0.6) is 0 Å². The molecule has 6 heteroatoms. The summed E-state index contributed by atoms with van der Waals surface area (Å²) in [4.78, 5) is 22.2. The lowest BCUT2D eigenvalue weighted by molar-refractivity contribution is 0.0982. The average Bonchev–Trinajstić information content (AvgIpc) is 2.90. The Kier molecular flexibility index (Phi) is 3.75. The van der Waals surface area contributed by atoms with Crippen LogP contribution < -0.4 is 4.90 Å². The number of ketones is 1. The van der Waals surface area contributed by atoms with Crippen LogP contribution in [0.15, 0.2) is 36.4 Å². The lowest BCUT2D eigenvalue weighted by atomic mass is 10.0. The van der Waals surface area contributed by atoms with E-state index in [1.165, 1.54) is 12.1 Å². The van der Waals surface area contributed by atoms with Gasteiger partial charge < -0.3 is 9.80 Å². The smallest absolute Gasteiger partial charge is 0.184 e. The van der Waals surface area contributed by atoms with Gasteiger partial charge in [-0.1, -0.05) is 6.07 Å². The van der Waals surface area contributed by atoms with Crippen molar-refractivity contribution in [1.82, 2.24) is 14.5 Å². The van der Waals surface area contributed by atoms with Gasteiger partial charge in [-0.2, -0.15) is 0 Å². The van der Waals surface area contributed by atoms with Crippen LogP contribution in [0.1, 0.15) is 22.5 Å². The van der Waals surface area contributed by atoms with Crippen molar-refractivity contribution in [1.29, 1.82) is 0 Å². The molecule has 0 bridgehead atoms. The molecule has 2 aromatic heterocycles. The minimum Gasteiger partial charge on any atom is -0.355 e. The molecule has 5 nitrogen and oxygen atoms in total. The molecule has 0 atom stereocenters. The van der Waals surface area contributed by atoms with E-state index >= 15 is 0 Å². The number of hydrogen-bond donors (Lipinski definition) is 0. The van der Waals surface area contributed by atoms with Gasteiger partial charge >= 0.3 is 0 Å². The van der Waals surface area contributed by atoms with Crippen LogP contribution in [0, 0.1) is 5.82 Å². The molecule has 27 heavy (non-hydrogen) atoms. The minimum absolute atomic E-state index is 0.0463. The monoisotopic (exact) mass is 364 g/mol. The van der Waals surface area contributed by atoms with Crippen LogP contribution in [-0.2, 0) is 6.42 Å². The zero-order chi connectivity index (χ0) is 18.5. The highest BCUT2D eigenvalue weighted by molar-refractivity contribution is 6.04. The first kappa shape index (κ1) is 16.4. The molecule has 0 saturated carbocycles. The van der Waals surface area contributed by atoms with Crippen LogP contribution in [0.4, 0.5) is 10.2 Å². The summed E-state index contributed by atoms with van der Waals surface area (Å²) in [6, 6.07) is 10.5. The second kappa shape index (κ2) is 6.16. The van der Waals surface area contributed by atoms with Gasteiger partial charge in [0, 0.05) is 37.0 Å². The summed E-state index contributed by atoms with van der Waals surface area (Å²) in [5.74, 6) is 1.48. The van der Waals surface area contributed by atoms with Crippen LogP contribution in [0.2, 0.25) is 0 Å². The van der Waals surface area contributed by atoms with E-state index in [2.05, 4.69) is 16.8 Å². The predicted octanol–water partition coefficient (Wildman–Crippen LogP) is 3.05. The van der Waals surface area contributed by atoms with Crippen LogP contribution in [0.3, 0.4) is 0 Å². The molecule has 2 aliphatic heterocycles. The topological polar surface area (TPSA) is 41.4 Å². The number of fused-ring (bicyclic) bond motifs is 5. The van der Waals surface area contributed by atoms with Crippen molar-refractivity contribution in [2.75, 3.05) is 38.1 Å². The van der Waals surface area contributed by atoms with Crippen molar-refractivity contribution in [3.05, 3.63) is 53.5 Å². The number of Topliss-reactive ketones (excluding diaryl/α,β-unsaturated/α-hetero) is 1. The molecule has 138 valence electrons. The van der Waals surface area contributed by atoms with Crippen LogP contribution >= 0.6 is 0 Å². The highest BCUT2D eigenvalue weighted by atomic mass is 19.1. The maximum Gasteiger partial charge on any atom is 0.184 e. The number of anilines is 1. The van der Waals surface area contributed by atoms with E-state index in [4.69, 9.17) is 4.98 Å². The summed E-state index contributed by atoms with van der Waals surface area (Å²) in [5, 5.41) is 0.731. The predicted molar refractivity (Wildman–Crippen MR) is 103 cm³/mol. The second-order valence-electron chi connectivity index (χ2n) is 7.46. The number of halogens is 1. The Hall–Kier alpha value is -2.73. The molecule has 0 unspecified atom stereocenters. The van der Waals surface area contributed by atoms with E-state index in [9.17, 15) is 9.18 Å². The first-order valence-corrected chi connectivity index (χ1v) is 9.38. The Morgan fingerprint density at radius 3 is 2.81 bits per heavy atom.